The quantitative estimate of drug-likeness (QED) is 0.0200. The van der Waals surface area contributed by atoms with Gasteiger partial charge < -0.3 is 157 Å². The number of aliphatic hydroxyl groups is 16. The van der Waals surface area contributed by atoms with E-state index in [4.69, 9.17) is 75.8 Å². The maximum Gasteiger partial charge on any atom is 0.265 e. The smallest absolute Gasteiger partial charge is 0.265 e. The maximum absolute atomic E-state index is 12.3. The third-order valence-electron chi connectivity index (χ3n) is 21.6. The predicted octanol–water partition coefficient (Wildman–Crippen LogP) is -12.4. The van der Waals surface area contributed by atoms with Crippen molar-refractivity contribution in [1.29, 1.82) is 0 Å². The minimum Gasteiger partial charge on any atom is -0.387 e. The van der Waals surface area contributed by atoms with Crippen LogP contribution in [0.15, 0.2) is 0 Å². The van der Waals surface area contributed by atoms with Crippen LogP contribution >= 0.6 is 94.1 Å². The lowest BCUT2D eigenvalue weighted by molar-refractivity contribution is -0.396. The standard InChI is InChI=1S/C64H112O56S16/c65-33-41(73)57-105-25(17-121-1-9-129(81,82)83)49(33)113-58-42(74)34(66)51(27(106-58)19-123-3-11-131(87,88)89)115-60-44(76)36(68)53(29(108-60)21-125-5-13-133(93,94)95)117-62-46(78)38(70)55(31(110-62)23-127-7-15-135(99,100)101)119-64-48(80)40(72)56(32(112-64)24-128-8-16-136(102,103)104)120-63-47(79)39(71)54(30(111-63)22-126-6-14-134(96,97)98)118-61-45(77)37(69)52(28(109-61)20-124-4-12-132(90,91)92)116-59-43(75)35(67)50(114-57)26(107-59)18-122-2-10-130(84,85)86/h25-80H,1-24H2,(H,81,82,83)(H,84,85,86)(H,87,88,89)(H,90,91,92)(H,93,94,95)(H,96,97,98)(H,99,100,101)(H,102,103,104)/t25?,26?,27?,28?,29?,30?,31?,32?,33?,34?,35?,36?,37?,38?,39?,40?,41?,42?,43?,44?,45?,46?,47?,48?,49-,50-,51-,52-,53-,54-,55-,56-,57-,58-,59-,60-,61-,62-,63-,64-/m1/s1. The van der Waals surface area contributed by atoms with Crippen molar-refractivity contribution in [3.8, 4) is 0 Å². The molecule has 136 heavy (non-hydrogen) atoms. The molecule has 800 valence electrons. The fourth-order valence-electron chi connectivity index (χ4n) is 14.7. The lowest BCUT2D eigenvalue weighted by Crippen LogP contribution is -2.69. The van der Waals surface area contributed by atoms with Gasteiger partial charge in [0.15, 0.2) is 50.3 Å². The summed E-state index contributed by atoms with van der Waals surface area (Å²) < 4.78 is 368. The van der Waals surface area contributed by atoms with E-state index in [-0.39, 0.29) is 0 Å². The molecule has 30 aliphatic heterocycles. The van der Waals surface area contributed by atoms with E-state index in [0.29, 0.717) is 94.1 Å². The Kier molecular flexibility index (Phi) is 46.4. The SMILES string of the molecule is O=S(=O)(O)CCSCC1O[C@@H]2O[C@@H]3C(CSCCS(=O)(=O)O)O[C@H](O[C@@H]4C(CSCCS(=O)(=O)O)O[C@H](O[C@@H]5C(CSCCS(=O)(=O)O)O[C@H](O[C@@H]6C(CSCCS(=O)(=O)O)O[C@H](O[C@@H]7C(CSCCS(=O)(=O)O)O[C@H](O[C@@H]8C(CSCCS(=O)(=O)O)O[C@H](O[C@@H]9C(CSCCS(=O)(=O)O)O[C@H](O[C@H]1C(O)C2O)C(O)C9O)C(O)C8O)C(O)C7O)C(O)C6O)C(O)C5O)C(O)C4O)C(O)C3O. The van der Waals surface area contributed by atoms with E-state index in [1.165, 1.54) is 0 Å². The van der Waals surface area contributed by atoms with Gasteiger partial charge in [-0.25, -0.2) is 0 Å². The molecule has 0 spiro atoms. The molecule has 0 aromatic carbocycles. The van der Waals surface area contributed by atoms with Crippen LogP contribution in [0.3, 0.4) is 0 Å². The van der Waals surface area contributed by atoms with Gasteiger partial charge >= 0.3 is 0 Å². The van der Waals surface area contributed by atoms with Crippen LogP contribution in [0.5, 0.6) is 0 Å². The highest BCUT2D eigenvalue weighted by molar-refractivity contribution is 8.02. The van der Waals surface area contributed by atoms with E-state index < -0.39 is 465 Å². The number of hydrogen-bond acceptors (Lipinski definition) is 56. The number of hydrogen-bond donors (Lipinski definition) is 24. The Bertz CT molecular complexity index is 3820. The molecule has 40 atom stereocenters. The Labute approximate surface area is 813 Å². The largest absolute Gasteiger partial charge is 0.387 e. The van der Waals surface area contributed by atoms with Crippen molar-refractivity contribution in [2.24, 2.45) is 0 Å². The minimum absolute atomic E-state index is 0.504. The first kappa shape index (κ1) is 120. The second kappa shape index (κ2) is 52.5. The molecule has 30 aliphatic rings. The van der Waals surface area contributed by atoms with Crippen LogP contribution in [-0.4, -0.2) is 569 Å². The lowest BCUT2D eigenvalue weighted by atomic mass is 9.95. The summed E-state index contributed by atoms with van der Waals surface area (Å²) >= 11 is 5.05. The molecule has 0 aliphatic carbocycles. The summed E-state index contributed by atoms with van der Waals surface area (Å²) in [6, 6.07) is 0. The molecule has 30 heterocycles. The van der Waals surface area contributed by atoms with E-state index in [1.807, 2.05) is 0 Å². The van der Waals surface area contributed by atoms with E-state index in [0.717, 1.165) is 0 Å². The monoisotopic (exact) mass is 2290 g/mol. The van der Waals surface area contributed by atoms with Crippen molar-refractivity contribution in [2.75, 3.05) is 138 Å². The number of ether oxygens (including phenoxy) is 16. The summed E-state index contributed by atoms with van der Waals surface area (Å²) in [4.78, 5) is 0. The molecule has 30 saturated heterocycles. The van der Waals surface area contributed by atoms with Gasteiger partial charge in [0.25, 0.3) is 80.9 Å². The van der Waals surface area contributed by atoms with Crippen LogP contribution in [0.1, 0.15) is 0 Å². The summed E-state index contributed by atoms with van der Waals surface area (Å²) in [6.07, 6.45) is -90.0. The molecule has 0 aromatic heterocycles. The summed E-state index contributed by atoms with van der Waals surface area (Å²) in [6.45, 7) is 0. The van der Waals surface area contributed by atoms with E-state index in [9.17, 15) is 185 Å². The third-order valence-corrected chi connectivity index (χ3v) is 37.9. The molecule has 30 rings (SSSR count). The average Bonchev–Trinajstić information content (AvgIpc) is 0.769. The molecular formula is C64H112O56S16. The molecular weight excluding hydrogens is 2180 g/mol. The van der Waals surface area contributed by atoms with Crippen LogP contribution in [0.25, 0.3) is 0 Å². The van der Waals surface area contributed by atoms with Gasteiger partial charge in [-0.3, -0.25) is 36.4 Å². The zero-order valence-electron chi connectivity index (χ0n) is 70.4. The van der Waals surface area contributed by atoms with Gasteiger partial charge in [-0.2, -0.15) is 161 Å². The van der Waals surface area contributed by atoms with E-state index in [1.54, 1.807) is 0 Å². The van der Waals surface area contributed by atoms with E-state index >= 15 is 0 Å². The van der Waals surface area contributed by atoms with Gasteiger partial charge in [-0.15, -0.1) is 0 Å². The average molecular weight is 2290 g/mol. The molecule has 0 saturated carbocycles. The lowest BCUT2D eigenvalue weighted by Gasteiger charge is -2.51. The highest BCUT2D eigenvalue weighted by Crippen LogP contribution is 2.43. The number of thioether (sulfide) groups is 8. The van der Waals surface area contributed by atoms with Gasteiger partial charge in [0.05, 0.1) is 94.9 Å². The maximum atomic E-state index is 12.3. The zero-order chi connectivity index (χ0) is 101. The number of aliphatic hydroxyl groups excluding tert-OH is 16. The summed E-state index contributed by atoms with van der Waals surface area (Å²) in [5.74, 6) is -16.6. The molecule has 16 bridgehead atoms. The van der Waals surface area contributed by atoms with Crippen molar-refractivity contribution in [3.63, 3.8) is 0 Å². The first-order chi connectivity index (χ1) is 63.1. The molecule has 0 aromatic rings. The fourth-order valence-corrected chi connectivity index (χ4v) is 30.6. The Hall–Kier alpha value is 0.800. The summed E-state index contributed by atoms with van der Waals surface area (Å²) in [5.41, 5.74) is 0. The number of rotatable bonds is 40. The molecule has 0 radical (unpaired) electrons. The van der Waals surface area contributed by atoms with Crippen LogP contribution in [0, 0.1) is 0 Å². The van der Waals surface area contributed by atoms with Crippen LogP contribution in [-0.2, 0) is 157 Å². The van der Waals surface area contributed by atoms with Gasteiger partial charge in [-0.1, -0.05) is 0 Å². The molecule has 72 heteroatoms. The minimum atomic E-state index is -4.75. The van der Waals surface area contributed by atoms with Crippen molar-refractivity contribution in [2.45, 2.75) is 246 Å². The summed E-state index contributed by atoms with van der Waals surface area (Å²) in [5, 5.41) is 195. The molecule has 30 fully saturated rings. The fraction of sp³-hybridized carbons (Fsp3) is 1.00. The van der Waals surface area contributed by atoms with Gasteiger partial charge in [-0.05, 0) is 0 Å². The zero-order valence-corrected chi connectivity index (χ0v) is 83.5. The van der Waals surface area contributed by atoms with Crippen molar-refractivity contribution < 1.29 is 261 Å². The first-order valence-electron chi connectivity index (χ1n) is 40.7. The third kappa shape index (κ3) is 36.6. The Morgan fingerprint density at radius 3 is 0.316 bits per heavy atom. The topological polar surface area (TPSA) is 906 Å². The first-order valence-corrected chi connectivity index (χ1v) is 62.8. The second-order valence-corrected chi connectivity index (χ2v) is 53.7. The van der Waals surface area contributed by atoms with Crippen molar-refractivity contribution in [1.82, 2.24) is 0 Å². The molecule has 0 amide bonds. The Morgan fingerprint density at radius 1 is 0.147 bits per heavy atom. The van der Waals surface area contributed by atoms with Crippen molar-refractivity contribution in [3.05, 3.63) is 0 Å². The summed E-state index contributed by atoms with van der Waals surface area (Å²) in [7, 11) is -38.0. The van der Waals surface area contributed by atoms with Crippen molar-refractivity contribution >= 4 is 175 Å². The molecule has 24 unspecified atom stereocenters. The molecule has 24 N–H and O–H groups in total. The second-order valence-electron chi connectivity index (χ2n) is 31.9. The van der Waals surface area contributed by atoms with Gasteiger partial charge in [0, 0.05) is 92.0 Å². The Balaban J connectivity index is 1.15. The normalized spacial score (nSPS) is 41.0. The molecule has 56 nitrogen and oxygen atoms in total. The van der Waals surface area contributed by atoms with Crippen LogP contribution < -0.4 is 0 Å². The van der Waals surface area contributed by atoms with Crippen LogP contribution in [0.4, 0.5) is 0 Å². The predicted molar refractivity (Wildman–Crippen MR) is 474 cm³/mol. The highest BCUT2D eigenvalue weighted by atomic mass is 32.3. The van der Waals surface area contributed by atoms with Gasteiger partial charge in [0.2, 0.25) is 0 Å². The Morgan fingerprint density at radius 2 is 0.235 bits per heavy atom. The van der Waals surface area contributed by atoms with Gasteiger partial charge in [0.1, 0.15) is 146 Å². The van der Waals surface area contributed by atoms with Crippen LogP contribution in [0.2, 0.25) is 0 Å². The highest BCUT2D eigenvalue weighted by Gasteiger charge is 2.61. The van der Waals surface area contributed by atoms with E-state index in [2.05, 4.69) is 0 Å².